The minimum Gasteiger partial charge on any atom is -0.228 e. The van der Waals surface area contributed by atoms with Gasteiger partial charge in [0.25, 0.3) is 0 Å². The van der Waals surface area contributed by atoms with E-state index >= 15 is 0 Å². The Hall–Kier alpha value is -13.4. The van der Waals surface area contributed by atoms with E-state index in [9.17, 15) is 0 Å². The summed E-state index contributed by atoms with van der Waals surface area (Å²) < 4.78 is 3.77. The lowest BCUT2D eigenvalue weighted by Gasteiger charge is -2.14. The molecule has 0 saturated carbocycles. The van der Waals surface area contributed by atoms with Gasteiger partial charge in [0.1, 0.15) is 11.0 Å². The third-order valence-electron chi connectivity index (χ3n) is 18.0. The molecule has 0 aliphatic carbocycles. The Morgan fingerprint density at radius 1 is 0.204 bits per heavy atom. The molecule has 0 saturated heterocycles. The largest absolute Gasteiger partial charge is 0.228 e. The van der Waals surface area contributed by atoms with Gasteiger partial charge in [0.15, 0.2) is 11.6 Å². The molecule has 4 heterocycles. The van der Waals surface area contributed by atoms with E-state index in [4.69, 9.17) is 19.9 Å². The fraction of sp³-hybridized carbons (Fsp3) is 0. The van der Waals surface area contributed by atoms with Crippen molar-refractivity contribution < 1.29 is 0 Å². The van der Waals surface area contributed by atoms with Crippen molar-refractivity contribution in [1.29, 1.82) is 0 Å². The van der Waals surface area contributed by atoms with Gasteiger partial charge in [-0.2, -0.15) is 0 Å². The van der Waals surface area contributed by atoms with E-state index in [2.05, 4.69) is 251 Å². The molecule has 0 aliphatic rings. The number of fused-ring (bicyclic) bond motifs is 4. The van der Waals surface area contributed by atoms with Gasteiger partial charge in [-0.25, -0.2) is 29.3 Å². The van der Waals surface area contributed by atoms with Crippen molar-refractivity contribution in [2.45, 2.75) is 0 Å². The summed E-state index contributed by atoms with van der Waals surface area (Å²) in [6.45, 7) is 0. The van der Waals surface area contributed by atoms with Gasteiger partial charge in [0, 0.05) is 33.4 Å². The summed E-state index contributed by atoms with van der Waals surface area (Å²) in [6.07, 6.45) is 0. The predicted octanol–water partition coefficient (Wildman–Crippen LogP) is 21.4. The first-order valence-corrected chi connectivity index (χ1v) is 32.6. The van der Waals surface area contributed by atoms with Crippen molar-refractivity contribution in [2.24, 2.45) is 0 Å². The number of aromatic nitrogens is 10. The van der Waals surface area contributed by atoms with Crippen molar-refractivity contribution in [3.05, 3.63) is 352 Å². The Morgan fingerprint density at radius 2 is 0.469 bits per heavy atom. The first-order chi connectivity index (χ1) is 48.6. The van der Waals surface area contributed by atoms with Crippen LogP contribution in [0.15, 0.2) is 352 Å². The maximum absolute atomic E-state index is 5.03. The van der Waals surface area contributed by atoms with Crippen LogP contribution in [0.5, 0.6) is 0 Å². The summed E-state index contributed by atoms with van der Waals surface area (Å²) in [5.74, 6) is 1.41. The van der Waals surface area contributed by atoms with Gasteiger partial charge in [0.2, 0.25) is 0 Å². The quantitative estimate of drug-likeness (QED) is 0.119. The fourth-order valence-corrected chi connectivity index (χ4v) is 13.1. The van der Waals surface area contributed by atoms with Gasteiger partial charge in [-0.05, 0) is 127 Å². The number of hydrogen-bond acceptors (Lipinski definition) is 8. The second kappa shape index (κ2) is 25.8. The van der Waals surface area contributed by atoms with Crippen LogP contribution in [0.1, 0.15) is 0 Å². The zero-order valence-electron chi connectivity index (χ0n) is 53.0. The Labute approximate surface area is 565 Å². The minimum absolute atomic E-state index is 0.700. The van der Waals surface area contributed by atoms with E-state index in [0.717, 1.165) is 112 Å². The highest BCUT2D eigenvalue weighted by Crippen LogP contribution is 2.41. The highest BCUT2D eigenvalue weighted by Gasteiger charge is 2.18. The number of para-hydroxylation sites is 2. The third kappa shape index (κ3) is 11.5. The zero-order valence-corrected chi connectivity index (χ0v) is 53.0. The summed E-state index contributed by atoms with van der Waals surface area (Å²) in [7, 11) is 0. The summed E-state index contributed by atoms with van der Waals surface area (Å²) in [4.78, 5) is 20.0. The van der Waals surface area contributed by atoms with Crippen LogP contribution in [0.4, 0.5) is 0 Å². The van der Waals surface area contributed by atoms with Crippen molar-refractivity contribution in [2.75, 3.05) is 0 Å². The lowest BCUT2D eigenvalue weighted by atomic mass is 9.91. The lowest BCUT2D eigenvalue weighted by molar-refractivity contribution is 0.824. The standard InChI is InChI=1S/2C44H29N5/c1-3-11-32(12-4-1)40-29-41(46-44(45-40)35-13-5-2-6-14-35)33-23-21-30(22-24-33)37-17-9-15-34-16-10-18-38(43(34)37)31-25-27-36(28-26-31)49-42-20-8-7-19-39(42)47-48-49;1-3-11-32(12-4-1)40-29-41(33-13-5-2-6-14-33)46-44(45-40)35-23-21-30(22-24-35)37-17-9-15-34-16-10-18-38(43(34)37)31-25-27-36(28-26-31)49-42-20-8-7-19-39(42)47-48-49/h2*1-29H. The van der Waals surface area contributed by atoms with Gasteiger partial charge in [-0.1, -0.05) is 302 Å². The first kappa shape index (κ1) is 58.4. The molecule has 4 aromatic heterocycles. The summed E-state index contributed by atoms with van der Waals surface area (Å²) in [5.41, 5.74) is 24.7. The number of benzene rings is 14. The topological polar surface area (TPSA) is 113 Å². The number of hydrogen-bond donors (Lipinski definition) is 0. The highest BCUT2D eigenvalue weighted by molar-refractivity contribution is 6.08. The Morgan fingerprint density at radius 3 is 0.816 bits per heavy atom. The molecule has 0 radical (unpaired) electrons. The Balaban J connectivity index is 0.000000147. The molecule has 0 spiro atoms. The van der Waals surface area contributed by atoms with Crippen molar-refractivity contribution >= 4 is 43.6 Å². The fourth-order valence-electron chi connectivity index (χ4n) is 13.1. The normalized spacial score (nSPS) is 11.3. The van der Waals surface area contributed by atoms with Gasteiger partial charge in [0.05, 0.1) is 45.2 Å². The van der Waals surface area contributed by atoms with E-state index < -0.39 is 0 Å². The SMILES string of the molecule is c1ccc(-c2cc(-c3ccc(-c4cccc5cccc(-c6ccc(-n7nnc8ccccc87)cc6)c45)cc3)nc(-c3ccccc3)n2)cc1.c1ccc(-c2cc(-c3ccccc3)nc(-c3ccc(-c4cccc5cccc(-c6ccc(-n7nnc8ccccc87)cc6)c45)cc3)n2)cc1. The highest BCUT2D eigenvalue weighted by atomic mass is 15.4. The van der Waals surface area contributed by atoms with Crippen molar-refractivity contribution in [3.8, 4) is 124 Å². The second-order valence-corrected chi connectivity index (χ2v) is 24.0. The molecule has 98 heavy (non-hydrogen) atoms. The zero-order chi connectivity index (χ0) is 65.1. The first-order valence-electron chi connectivity index (χ1n) is 32.6. The molecule has 14 aromatic carbocycles. The Bertz CT molecular complexity index is 5390. The average Bonchev–Trinajstić information content (AvgIpc) is 1.81. The molecule has 0 bridgehead atoms. The van der Waals surface area contributed by atoms with Crippen molar-refractivity contribution in [1.82, 2.24) is 49.9 Å². The van der Waals surface area contributed by atoms with E-state index in [1.54, 1.807) is 0 Å². The summed E-state index contributed by atoms with van der Waals surface area (Å²) >= 11 is 0. The van der Waals surface area contributed by atoms with Crippen molar-refractivity contribution in [3.63, 3.8) is 0 Å². The van der Waals surface area contributed by atoms with Crippen LogP contribution in [-0.4, -0.2) is 49.9 Å². The van der Waals surface area contributed by atoms with Gasteiger partial charge in [-0.15, -0.1) is 10.2 Å². The maximum Gasteiger partial charge on any atom is 0.160 e. The van der Waals surface area contributed by atoms with Crippen LogP contribution >= 0.6 is 0 Å². The smallest absolute Gasteiger partial charge is 0.160 e. The Kier molecular flexibility index (Phi) is 15.4. The molecule has 0 amide bonds. The minimum atomic E-state index is 0.700. The maximum atomic E-state index is 5.03. The summed E-state index contributed by atoms with van der Waals surface area (Å²) in [6, 6.07) is 122. The van der Waals surface area contributed by atoms with E-state index in [1.807, 2.05) is 131 Å². The van der Waals surface area contributed by atoms with E-state index in [-0.39, 0.29) is 0 Å². The lowest BCUT2D eigenvalue weighted by Crippen LogP contribution is -1.96. The molecular formula is C88H58N10. The number of rotatable bonds is 12. The summed E-state index contributed by atoms with van der Waals surface area (Å²) in [5, 5.41) is 22.3. The van der Waals surface area contributed by atoms with Crippen LogP contribution in [0.25, 0.3) is 167 Å². The molecular weight excluding hydrogens is 1200 g/mol. The second-order valence-electron chi connectivity index (χ2n) is 24.0. The van der Waals surface area contributed by atoms with Crippen LogP contribution in [-0.2, 0) is 0 Å². The molecule has 460 valence electrons. The third-order valence-corrected chi connectivity index (χ3v) is 18.0. The van der Waals surface area contributed by atoms with Gasteiger partial charge < -0.3 is 0 Å². The van der Waals surface area contributed by atoms with Crippen LogP contribution < -0.4 is 0 Å². The van der Waals surface area contributed by atoms with E-state index in [0.29, 0.717) is 11.6 Å². The number of nitrogens with zero attached hydrogens (tertiary/aromatic N) is 10. The monoisotopic (exact) mass is 1250 g/mol. The molecule has 0 aliphatic heterocycles. The molecule has 18 rings (SSSR count). The predicted molar refractivity (Wildman–Crippen MR) is 398 cm³/mol. The molecule has 18 aromatic rings. The van der Waals surface area contributed by atoms with Crippen LogP contribution in [0.2, 0.25) is 0 Å². The molecule has 0 unspecified atom stereocenters. The molecule has 0 fully saturated rings. The van der Waals surface area contributed by atoms with Crippen LogP contribution in [0.3, 0.4) is 0 Å². The van der Waals surface area contributed by atoms with E-state index in [1.165, 1.54) is 43.8 Å². The van der Waals surface area contributed by atoms with Gasteiger partial charge in [-0.3, -0.25) is 0 Å². The average molecular weight is 1260 g/mol. The molecule has 10 nitrogen and oxygen atoms in total. The molecule has 10 heteroatoms. The van der Waals surface area contributed by atoms with Crippen LogP contribution in [0, 0.1) is 0 Å². The molecule has 0 N–H and O–H groups in total. The van der Waals surface area contributed by atoms with Gasteiger partial charge >= 0.3 is 0 Å². The molecule has 0 atom stereocenters.